The van der Waals surface area contributed by atoms with Gasteiger partial charge in [-0.25, -0.2) is 9.88 Å². The number of ether oxygens (including phenoxy) is 1. The Bertz CT molecular complexity index is 1290. The lowest BCUT2D eigenvalue weighted by Gasteiger charge is -2.17. The van der Waals surface area contributed by atoms with Gasteiger partial charge in [-0.05, 0) is 73.7 Å². The molecule has 6 nitrogen and oxygen atoms in total. The summed E-state index contributed by atoms with van der Waals surface area (Å²) >= 11 is 1.23. The van der Waals surface area contributed by atoms with Crippen LogP contribution in [-0.2, 0) is 22.4 Å². The largest absolute Gasteiger partial charge is 0.457 e. The van der Waals surface area contributed by atoms with Crippen molar-refractivity contribution in [1.82, 2.24) is 4.98 Å². The summed E-state index contributed by atoms with van der Waals surface area (Å²) in [5.74, 6) is 0.791. The quantitative estimate of drug-likeness (QED) is 0.425. The molecule has 2 heterocycles. The van der Waals surface area contributed by atoms with E-state index in [2.05, 4.69) is 6.07 Å². The molecule has 1 aliphatic heterocycles. The summed E-state index contributed by atoms with van der Waals surface area (Å²) in [6.45, 7) is 0. The zero-order valence-electron chi connectivity index (χ0n) is 19.3. The molecule has 0 spiro atoms. The molecule has 1 unspecified atom stereocenters. The van der Waals surface area contributed by atoms with Crippen molar-refractivity contribution >= 4 is 29.3 Å². The van der Waals surface area contributed by atoms with Crippen molar-refractivity contribution in [1.29, 1.82) is 5.26 Å². The zero-order chi connectivity index (χ0) is 24.2. The topological polar surface area (TPSA) is 83.3 Å². The number of hydrogen-bond acceptors (Lipinski definition) is 6. The maximum Gasteiger partial charge on any atom is 0.247 e. The fraction of sp³-hybridized carbons (Fsp3) is 0.286. The fourth-order valence-corrected chi connectivity index (χ4v) is 5.62. The Morgan fingerprint density at radius 2 is 1.66 bits per heavy atom. The van der Waals surface area contributed by atoms with Crippen LogP contribution in [0.4, 0.5) is 5.69 Å². The van der Waals surface area contributed by atoms with E-state index in [0.717, 1.165) is 36.9 Å². The first-order valence-corrected chi connectivity index (χ1v) is 12.8. The monoisotopic (exact) mass is 483 g/mol. The molecule has 35 heavy (non-hydrogen) atoms. The molecule has 7 heteroatoms. The minimum absolute atomic E-state index is 0.0788. The molecule has 2 aliphatic rings. The van der Waals surface area contributed by atoms with Gasteiger partial charge < -0.3 is 4.74 Å². The third-order valence-electron chi connectivity index (χ3n) is 6.32. The normalized spacial score (nSPS) is 17.9. The van der Waals surface area contributed by atoms with Crippen LogP contribution in [-0.4, -0.2) is 22.0 Å². The lowest BCUT2D eigenvalue weighted by Crippen LogP contribution is -2.31. The molecule has 1 fully saturated rings. The number of thioether (sulfide) groups is 1. The standard InChI is InChI=1S/C28H25N3O3S/c29-18-20-16-19-8-4-1-2-7-11-24(19)30-27(20)35-25-17-26(32)31(28(25)33)21-12-14-23(15-13-21)34-22-9-5-3-6-10-22/h3,5-6,9-10,12-16,25H,1-2,4,7-8,11,17H2. The van der Waals surface area contributed by atoms with Crippen molar-refractivity contribution < 1.29 is 14.3 Å². The molecule has 0 bridgehead atoms. The van der Waals surface area contributed by atoms with Crippen molar-refractivity contribution in [3.8, 4) is 17.6 Å². The van der Waals surface area contributed by atoms with Crippen LogP contribution >= 0.6 is 11.8 Å². The molecule has 3 aromatic rings. The number of pyridine rings is 1. The maximum absolute atomic E-state index is 13.2. The summed E-state index contributed by atoms with van der Waals surface area (Å²) in [6.07, 6.45) is 6.46. The number of aromatic nitrogens is 1. The first kappa shape index (κ1) is 23.1. The van der Waals surface area contributed by atoms with E-state index in [4.69, 9.17) is 9.72 Å². The minimum Gasteiger partial charge on any atom is -0.457 e. The number of benzene rings is 2. The fourth-order valence-electron chi connectivity index (χ4n) is 4.53. The van der Waals surface area contributed by atoms with Crippen molar-refractivity contribution in [2.45, 2.75) is 55.2 Å². The van der Waals surface area contributed by atoms with E-state index in [-0.39, 0.29) is 18.2 Å². The molecule has 0 N–H and O–H groups in total. The molecule has 1 saturated heterocycles. The van der Waals surface area contributed by atoms with Gasteiger partial charge in [0.25, 0.3) is 0 Å². The van der Waals surface area contributed by atoms with Crippen molar-refractivity contribution in [3.63, 3.8) is 0 Å². The van der Waals surface area contributed by atoms with E-state index in [1.165, 1.54) is 29.5 Å². The molecule has 176 valence electrons. The van der Waals surface area contributed by atoms with Gasteiger partial charge in [0.05, 0.1) is 16.5 Å². The molecule has 2 aromatic carbocycles. The van der Waals surface area contributed by atoms with Crippen LogP contribution in [0.25, 0.3) is 0 Å². The molecule has 1 aliphatic carbocycles. The molecule has 1 aromatic heterocycles. The number of nitriles is 1. The number of fused-ring (bicyclic) bond motifs is 1. The second-order valence-corrected chi connectivity index (χ2v) is 9.95. The SMILES string of the molecule is N#Cc1cc2c(nc1SC1CC(=O)N(c3ccc(Oc4ccccc4)cc3)C1=O)CCCCCC2. The van der Waals surface area contributed by atoms with Gasteiger partial charge in [0, 0.05) is 12.1 Å². The number of carbonyl (C=O) groups is 2. The van der Waals surface area contributed by atoms with Crippen LogP contribution < -0.4 is 9.64 Å². The van der Waals surface area contributed by atoms with Gasteiger partial charge in [-0.3, -0.25) is 9.59 Å². The third-order valence-corrected chi connectivity index (χ3v) is 7.51. The van der Waals surface area contributed by atoms with E-state index >= 15 is 0 Å². The summed E-state index contributed by atoms with van der Waals surface area (Å²) in [4.78, 5) is 32.1. The van der Waals surface area contributed by atoms with Crippen LogP contribution in [0.15, 0.2) is 65.7 Å². The smallest absolute Gasteiger partial charge is 0.247 e. The zero-order valence-corrected chi connectivity index (χ0v) is 20.1. The van der Waals surface area contributed by atoms with Gasteiger partial charge in [0.1, 0.15) is 22.6 Å². The van der Waals surface area contributed by atoms with Crippen molar-refractivity contribution in [2.24, 2.45) is 0 Å². The first-order valence-electron chi connectivity index (χ1n) is 11.9. The number of hydrogen-bond donors (Lipinski definition) is 0. The second-order valence-electron chi connectivity index (χ2n) is 8.76. The van der Waals surface area contributed by atoms with Crippen LogP contribution in [0, 0.1) is 11.3 Å². The number of rotatable bonds is 5. The Morgan fingerprint density at radius 1 is 0.943 bits per heavy atom. The van der Waals surface area contributed by atoms with E-state index in [1.807, 2.05) is 36.4 Å². The highest BCUT2D eigenvalue weighted by atomic mass is 32.2. The molecule has 0 saturated carbocycles. The Hall–Kier alpha value is -3.63. The highest BCUT2D eigenvalue weighted by molar-refractivity contribution is 8.00. The number of para-hydroxylation sites is 1. The average molecular weight is 484 g/mol. The van der Waals surface area contributed by atoms with Crippen LogP contribution in [0.1, 0.15) is 48.9 Å². The number of anilines is 1. The van der Waals surface area contributed by atoms with E-state index < -0.39 is 5.25 Å². The number of carbonyl (C=O) groups excluding carboxylic acids is 2. The molecular formula is C28H25N3O3S. The minimum atomic E-state index is -0.603. The number of amides is 2. The van der Waals surface area contributed by atoms with Crippen LogP contribution in [0.5, 0.6) is 11.5 Å². The Balaban J connectivity index is 1.33. The number of imide groups is 1. The van der Waals surface area contributed by atoms with Gasteiger partial charge >= 0.3 is 0 Å². The summed E-state index contributed by atoms with van der Waals surface area (Å²) in [7, 11) is 0. The van der Waals surface area contributed by atoms with E-state index in [0.29, 0.717) is 27.8 Å². The Kier molecular flexibility index (Phi) is 6.82. The van der Waals surface area contributed by atoms with Gasteiger partial charge in [0.15, 0.2) is 0 Å². The molecule has 5 rings (SSSR count). The van der Waals surface area contributed by atoms with Gasteiger partial charge in [-0.15, -0.1) is 0 Å². The predicted octanol–water partition coefficient (Wildman–Crippen LogP) is 5.83. The van der Waals surface area contributed by atoms with Crippen LogP contribution in [0.3, 0.4) is 0 Å². The Morgan fingerprint density at radius 3 is 2.40 bits per heavy atom. The van der Waals surface area contributed by atoms with Crippen molar-refractivity contribution in [2.75, 3.05) is 4.90 Å². The number of nitrogens with zero attached hydrogens (tertiary/aromatic N) is 3. The molecule has 1 atom stereocenters. The second kappa shape index (κ2) is 10.3. The summed E-state index contributed by atoms with van der Waals surface area (Å²) < 4.78 is 5.81. The van der Waals surface area contributed by atoms with Gasteiger partial charge in [-0.2, -0.15) is 5.26 Å². The maximum atomic E-state index is 13.2. The highest BCUT2D eigenvalue weighted by Gasteiger charge is 2.41. The van der Waals surface area contributed by atoms with Gasteiger partial charge in [-0.1, -0.05) is 42.8 Å². The summed E-state index contributed by atoms with van der Waals surface area (Å²) in [5.41, 5.74) is 3.15. The van der Waals surface area contributed by atoms with Gasteiger partial charge in [0.2, 0.25) is 11.8 Å². The summed E-state index contributed by atoms with van der Waals surface area (Å²) in [5, 5.41) is 9.67. The molecule has 2 amide bonds. The Labute approximate surface area is 208 Å². The highest BCUT2D eigenvalue weighted by Crippen LogP contribution is 2.36. The molecule has 0 radical (unpaired) electrons. The number of aryl methyl sites for hydroxylation is 2. The molecular weight excluding hydrogens is 458 g/mol. The predicted molar refractivity (Wildman–Crippen MR) is 135 cm³/mol. The lowest BCUT2D eigenvalue weighted by molar-refractivity contribution is -0.121. The van der Waals surface area contributed by atoms with E-state index in [1.54, 1.807) is 24.3 Å². The van der Waals surface area contributed by atoms with Crippen LogP contribution in [0.2, 0.25) is 0 Å². The first-order chi connectivity index (χ1) is 17.1. The average Bonchev–Trinajstić information content (AvgIpc) is 3.13. The van der Waals surface area contributed by atoms with E-state index in [9.17, 15) is 14.9 Å². The summed E-state index contributed by atoms with van der Waals surface area (Å²) in [6, 6.07) is 20.5. The third kappa shape index (κ3) is 5.08. The lowest BCUT2D eigenvalue weighted by atomic mass is 9.96. The van der Waals surface area contributed by atoms with Crippen molar-refractivity contribution in [3.05, 3.63) is 77.5 Å².